The van der Waals surface area contributed by atoms with Crippen molar-refractivity contribution in [3.8, 4) is 22.9 Å². The van der Waals surface area contributed by atoms with Crippen molar-refractivity contribution in [1.29, 1.82) is 0 Å². The molecule has 0 aliphatic heterocycles. The number of nitrogens with zero attached hydrogens (tertiary/aromatic N) is 3. The molecule has 228 valence electrons. The van der Waals surface area contributed by atoms with Gasteiger partial charge in [0.15, 0.2) is 17.2 Å². The number of aromatic nitrogens is 3. The van der Waals surface area contributed by atoms with Gasteiger partial charge in [-0.2, -0.15) is 0 Å². The zero-order valence-corrected chi connectivity index (χ0v) is 25.1. The highest BCUT2D eigenvalue weighted by Crippen LogP contribution is 2.29. The molecule has 2 aromatic heterocycles. The Bertz CT molecular complexity index is 1670. The third kappa shape index (κ3) is 8.22. The third-order valence-corrected chi connectivity index (χ3v) is 7.57. The number of benzene rings is 3. The number of halogens is 1. The van der Waals surface area contributed by atoms with E-state index in [1.54, 1.807) is 16.7 Å². The summed E-state index contributed by atoms with van der Waals surface area (Å²) in [6, 6.07) is 24.8. The van der Waals surface area contributed by atoms with Gasteiger partial charge < -0.3 is 15.2 Å². The van der Waals surface area contributed by atoms with Crippen molar-refractivity contribution in [1.82, 2.24) is 19.7 Å². The number of hydrogen-bond acceptors (Lipinski definition) is 5. The summed E-state index contributed by atoms with van der Waals surface area (Å²) in [5, 5.41) is 14.1. The SMILES string of the molecule is CC(=O)NCCCCCCCCOc1ccc(Cc2nc3c(Cc4ccccc4)nc(-c4ccccc4)cn3c2O)cc1F. The van der Waals surface area contributed by atoms with Crippen LogP contribution in [0, 0.1) is 5.82 Å². The number of nitrogens with one attached hydrogen (secondary N) is 1. The Morgan fingerprint density at radius 2 is 1.52 bits per heavy atom. The van der Waals surface area contributed by atoms with Gasteiger partial charge in [-0.15, -0.1) is 0 Å². The molecule has 0 radical (unpaired) electrons. The molecule has 0 unspecified atom stereocenters. The van der Waals surface area contributed by atoms with Crippen molar-refractivity contribution >= 4 is 11.6 Å². The van der Waals surface area contributed by atoms with Crippen LogP contribution in [-0.4, -0.2) is 38.5 Å². The third-order valence-electron chi connectivity index (χ3n) is 7.57. The molecular formula is C36H39FN4O3. The molecule has 0 saturated heterocycles. The van der Waals surface area contributed by atoms with Gasteiger partial charge in [-0.1, -0.05) is 92.4 Å². The largest absolute Gasteiger partial charge is 0.493 e. The molecule has 0 spiro atoms. The van der Waals surface area contributed by atoms with Gasteiger partial charge in [-0.25, -0.2) is 14.4 Å². The summed E-state index contributed by atoms with van der Waals surface area (Å²) in [5.74, 6) is -0.171. The normalized spacial score (nSPS) is 11.1. The molecule has 8 heteroatoms. The Labute approximate surface area is 257 Å². The van der Waals surface area contributed by atoms with E-state index in [2.05, 4.69) is 5.32 Å². The Kier molecular flexibility index (Phi) is 10.6. The maximum Gasteiger partial charge on any atom is 0.219 e. The minimum Gasteiger partial charge on any atom is -0.493 e. The van der Waals surface area contributed by atoms with Crippen LogP contribution in [0.2, 0.25) is 0 Å². The monoisotopic (exact) mass is 594 g/mol. The highest BCUT2D eigenvalue weighted by molar-refractivity contribution is 5.72. The van der Waals surface area contributed by atoms with E-state index in [1.807, 2.05) is 66.7 Å². The molecule has 0 aliphatic carbocycles. The lowest BCUT2D eigenvalue weighted by molar-refractivity contribution is -0.118. The summed E-state index contributed by atoms with van der Waals surface area (Å²) in [5.41, 5.74) is 5.23. The number of carbonyl (C=O) groups excluding carboxylic acids is 1. The summed E-state index contributed by atoms with van der Waals surface area (Å²) in [4.78, 5) is 20.6. The first-order valence-corrected chi connectivity index (χ1v) is 15.3. The summed E-state index contributed by atoms with van der Waals surface area (Å²) >= 11 is 0. The summed E-state index contributed by atoms with van der Waals surface area (Å²) < 4.78 is 22.4. The molecule has 0 saturated carbocycles. The molecule has 2 heterocycles. The predicted octanol–water partition coefficient (Wildman–Crippen LogP) is 7.28. The van der Waals surface area contributed by atoms with Crippen molar-refractivity contribution in [3.05, 3.63) is 113 Å². The quantitative estimate of drug-likeness (QED) is 0.124. The van der Waals surface area contributed by atoms with E-state index in [1.165, 1.54) is 13.0 Å². The van der Waals surface area contributed by atoms with Gasteiger partial charge in [0, 0.05) is 38.1 Å². The average Bonchev–Trinajstić information content (AvgIpc) is 3.34. The van der Waals surface area contributed by atoms with Crippen LogP contribution in [0.1, 0.15) is 68.0 Å². The zero-order chi connectivity index (χ0) is 30.7. The number of fused-ring (bicyclic) bond motifs is 1. The van der Waals surface area contributed by atoms with Crippen LogP contribution >= 0.6 is 0 Å². The molecule has 0 fully saturated rings. The lowest BCUT2D eigenvalue weighted by Crippen LogP contribution is -2.20. The standard InChI is InChI=1S/C36H39FN4O3/c1-26(42)38-20-12-4-2-3-5-13-21-44-34-19-18-28(22-30(34)37)24-32-36(43)41-25-33(29-16-10-7-11-17-29)39-31(35(41)40-32)23-27-14-8-6-9-15-27/h6-11,14-19,22,25,43H,2-5,12-13,20-21,23-24H2,1H3,(H,38,42). The molecule has 0 aliphatic rings. The van der Waals surface area contributed by atoms with Crippen LogP contribution in [0.25, 0.3) is 16.9 Å². The van der Waals surface area contributed by atoms with E-state index >= 15 is 0 Å². The van der Waals surface area contributed by atoms with Crippen molar-refractivity contribution in [2.75, 3.05) is 13.2 Å². The molecule has 2 N–H and O–H groups in total. The van der Waals surface area contributed by atoms with Crippen LogP contribution in [-0.2, 0) is 17.6 Å². The topological polar surface area (TPSA) is 88.8 Å². The van der Waals surface area contributed by atoms with Crippen molar-refractivity contribution in [3.63, 3.8) is 0 Å². The van der Waals surface area contributed by atoms with E-state index < -0.39 is 5.82 Å². The minimum absolute atomic E-state index is 0.0130. The smallest absolute Gasteiger partial charge is 0.219 e. The molecule has 5 aromatic rings. The van der Waals surface area contributed by atoms with Gasteiger partial charge in [0.1, 0.15) is 5.69 Å². The second kappa shape index (κ2) is 15.1. The number of rotatable bonds is 15. The molecule has 44 heavy (non-hydrogen) atoms. The first-order valence-electron chi connectivity index (χ1n) is 15.3. The van der Waals surface area contributed by atoms with Crippen LogP contribution in [0.5, 0.6) is 11.6 Å². The summed E-state index contributed by atoms with van der Waals surface area (Å²) in [6.07, 6.45) is 8.75. The van der Waals surface area contributed by atoms with E-state index in [0.29, 0.717) is 29.9 Å². The van der Waals surface area contributed by atoms with Gasteiger partial charge in [-0.05, 0) is 36.1 Å². The Morgan fingerprint density at radius 3 is 2.25 bits per heavy atom. The van der Waals surface area contributed by atoms with Gasteiger partial charge in [0.25, 0.3) is 0 Å². The minimum atomic E-state index is -0.429. The lowest BCUT2D eigenvalue weighted by Gasteiger charge is -2.09. The van der Waals surface area contributed by atoms with Crippen molar-refractivity contribution in [2.24, 2.45) is 0 Å². The first kappa shape index (κ1) is 30.7. The second-order valence-electron chi connectivity index (χ2n) is 11.1. The Hall–Kier alpha value is -4.72. The van der Waals surface area contributed by atoms with Gasteiger partial charge in [-0.3, -0.25) is 9.20 Å². The number of aromatic hydroxyl groups is 1. The molecule has 5 rings (SSSR count). The Morgan fingerprint density at radius 1 is 0.841 bits per heavy atom. The highest BCUT2D eigenvalue weighted by Gasteiger charge is 2.18. The molecule has 1 amide bonds. The van der Waals surface area contributed by atoms with Gasteiger partial charge >= 0.3 is 0 Å². The van der Waals surface area contributed by atoms with Crippen LogP contribution < -0.4 is 10.1 Å². The van der Waals surface area contributed by atoms with Crippen molar-refractivity contribution in [2.45, 2.75) is 58.3 Å². The summed E-state index contributed by atoms with van der Waals surface area (Å²) in [7, 11) is 0. The van der Waals surface area contributed by atoms with Gasteiger partial charge in [0.05, 0.1) is 18.0 Å². The van der Waals surface area contributed by atoms with Crippen molar-refractivity contribution < 1.29 is 19.0 Å². The van der Waals surface area contributed by atoms with Gasteiger partial charge in [0.2, 0.25) is 11.8 Å². The number of carbonyl (C=O) groups is 1. The maximum absolute atomic E-state index is 15.0. The fourth-order valence-corrected chi connectivity index (χ4v) is 5.26. The Balaban J connectivity index is 1.23. The molecule has 7 nitrogen and oxygen atoms in total. The number of imidazole rings is 1. The van der Waals surface area contributed by atoms with Crippen LogP contribution in [0.3, 0.4) is 0 Å². The molecule has 0 atom stereocenters. The maximum atomic E-state index is 15.0. The average molecular weight is 595 g/mol. The van der Waals surface area contributed by atoms with Crippen LogP contribution in [0.4, 0.5) is 4.39 Å². The number of ether oxygens (including phenoxy) is 1. The van der Waals surface area contributed by atoms with Crippen LogP contribution in [0.15, 0.2) is 85.1 Å². The molecule has 3 aromatic carbocycles. The fraction of sp³-hybridized carbons (Fsp3) is 0.306. The summed E-state index contributed by atoms with van der Waals surface area (Å²) in [6.45, 7) is 2.72. The van der Waals surface area contributed by atoms with E-state index in [0.717, 1.165) is 67.6 Å². The molecule has 0 bridgehead atoms. The first-order chi connectivity index (χ1) is 21.5. The lowest BCUT2D eigenvalue weighted by atomic mass is 10.1. The van der Waals surface area contributed by atoms with E-state index in [4.69, 9.17) is 14.7 Å². The predicted molar refractivity (Wildman–Crippen MR) is 170 cm³/mol. The molecular weight excluding hydrogens is 555 g/mol. The zero-order valence-electron chi connectivity index (χ0n) is 25.1. The fourth-order valence-electron chi connectivity index (χ4n) is 5.26. The van der Waals surface area contributed by atoms with E-state index in [-0.39, 0.29) is 24.0 Å². The number of unbranched alkanes of at least 4 members (excludes halogenated alkanes) is 5. The number of amides is 1. The highest BCUT2D eigenvalue weighted by atomic mass is 19.1. The van der Waals surface area contributed by atoms with E-state index in [9.17, 15) is 14.3 Å². The second-order valence-corrected chi connectivity index (χ2v) is 11.1. The number of hydrogen-bond donors (Lipinski definition) is 2.